The molecule has 0 aliphatic carbocycles. The van der Waals surface area contributed by atoms with Crippen molar-refractivity contribution in [3.63, 3.8) is 0 Å². The van der Waals surface area contributed by atoms with Gasteiger partial charge in [-0.3, -0.25) is 0 Å². The van der Waals surface area contributed by atoms with Gasteiger partial charge in [0.1, 0.15) is 11.5 Å². The Balaban J connectivity index is 1.80. The molecule has 0 aliphatic heterocycles. The number of alkyl halides is 6. The number of hydrogen-bond acceptors (Lipinski definition) is 6. The van der Waals surface area contributed by atoms with Crippen LogP contribution >= 0.6 is 34.5 Å². The summed E-state index contributed by atoms with van der Waals surface area (Å²) in [4.78, 5) is 8.98. The van der Waals surface area contributed by atoms with Gasteiger partial charge in [0.25, 0.3) is 11.8 Å². The Morgan fingerprint density at radius 3 is 1.62 bits per heavy atom. The van der Waals surface area contributed by atoms with Gasteiger partial charge < -0.3 is 15.2 Å². The summed E-state index contributed by atoms with van der Waals surface area (Å²) < 4.78 is 90.8. The normalized spacial score (nSPS) is 12.0. The lowest BCUT2D eigenvalue weighted by Crippen LogP contribution is -2.07. The average Bonchev–Trinajstić information content (AvgIpc) is 3.23. The molecule has 194 valence electrons. The number of aromatic nitrogens is 2. The fraction of sp³-hybridized carbons (Fsp3) is 0.130. The lowest BCUT2D eigenvalue weighted by Gasteiger charge is -2.16. The van der Waals surface area contributed by atoms with Gasteiger partial charge in [-0.05, 0) is 60.3 Å². The molecule has 0 aliphatic rings. The van der Waals surface area contributed by atoms with E-state index in [1.54, 1.807) is 18.4 Å². The molecule has 0 bridgehead atoms. The second-order valence-electron chi connectivity index (χ2n) is 7.49. The Hall–Kier alpha value is -3.22. The summed E-state index contributed by atoms with van der Waals surface area (Å²) in [5, 5.41) is 0.657. The molecular formula is C23H13Cl2F6N3O2S. The van der Waals surface area contributed by atoms with Gasteiger partial charge in [0.2, 0.25) is 0 Å². The van der Waals surface area contributed by atoms with E-state index in [1.807, 2.05) is 0 Å². The summed E-state index contributed by atoms with van der Waals surface area (Å²) >= 11 is 12.6. The molecule has 0 unspecified atom stereocenters. The highest BCUT2D eigenvalue weighted by Gasteiger charge is 2.35. The number of halogens is 8. The third-order valence-electron chi connectivity index (χ3n) is 4.86. The fourth-order valence-corrected chi connectivity index (χ4v) is 4.39. The van der Waals surface area contributed by atoms with Crippen molar-refractivity contribution >= 4 is 40.2 Å². The third kappa shape index (κ3) is 5.86. The van der Waals surface area contributed by atoms with Crippen LogP contribution in [0.2, 0.25) is 10.0 Å². The minimum atomic E-state index is -4.76. The third-order valence-corrected chi connectivity index (χ3v) is 6.53. The Morgan fingerprint density at radius 1 is 0.784 bits per heavy atom. The fourth-order valence-electron chi connectivity index (χ4n) is 3.08. The molecule has 2 heterocycles. The maximum Gasteiger partial charge on any atom is 0.417 e. The first-order valence-corrected chi connectivity index (χ1v) is 11.7. The smallest absolute Gasteiger partial charge is 0.417 e. The van der Waals surface area contributed by atoms with Crippen molar-refractivity contribution in [1.82, 2.24) is 9.97 Å². The second kappa shape index (κ2) is 9.92. The van der Waals surface area contributed by atoms with E-state index in [0.29, 0.717) is 17.0 Å². The second-order valence-corrected chi connectivity index (χ2v) is 9.22. The van der Waals surface area contributed by atoms with E-state index < -0.39 is 33.5 Å². The lowest BCUT2D eigenvalue weighted by molar-refractivity contribution is -0.138. The lowest BCUT2D eigenvalue weighted by atomic mass is 10.2. The predicted octanol–water partition coefficient (Wildman–Crippen LogP) is 9.02. The Kier molecular flexibility index (Phi) is 7.19. The first-order valence-electron chi connectivity index (χ1n) is 10.0. The molecule has 37 heavy (non-hydrogen) atoms. The maximum absolute atomic E-state index is 13.3. The molecule has 5 nitrogen and oxygen atoms in total. The van der Waals surface area contributed by atoms with Crippen LogP contribution in [0.25, 0.3) is 10.7 Å². The molecule has 0 atom stereocenters. The van der Waals surface area contributed by atoms with Crippen LogP contribution in [0.3, 0.4) is 0 Å². The molecule has 2 N–H and O–H groups in total. The molecule has 2 aromatic carbocycles. The molecule has 0 saturated carbocycles. The molecule has 0 fully saturated rings. The molecule has 4 aromatic rings. The number of nitrogens with zero attached hydrogens (tertiary/aromatic N) is 2. The van der Waals surface area contributed by atoms with E-state index >= 15 is 0 Å². The highest BCUT2D eigenvalue weighted by molar-refractivity contribution is 7.13. The monoisotopic (exact) mass is 579 g/mol. The van der Waals surface area contributed by atoms with Crippen LogP contribution in [-0.4, -0.2) is 9.97 Å². The number of nitrogen functional groups attached to an aromatic ring is 1. The van der Waals surface area contributed by atoms with Gasteiger partial charge in [0, 0.05) is 0 Å². The van der Waals surface area contributed by atoms with Crippen LogP contribution in [0, 0.1) is 6.92 Å². The van der Waals surface area contributed by atoms with Gasteiger partial charge in [0.15, 0.2) is 11.5 Å². The zero-order chi connectivity index (χ0) is 27.1. The number of hydrogen-bond donors (Lipinski definition) is 1. The molecule has 0 amide bonds. The van der Waals surface area contributed by atoms with Crippen molar-refractivity contribution < 1.29 is 35.8 Å². The summed E-state index contributed by atoms with van der Waals surface area (Å²) in [6, 6.07) is 7.42. The number of ether oxygens (including phenoxy) is 2. The Bertz CT molecular complexity index is 1390. The van der Waals surface area contributed by atoms with Crippen molar-refractivity contribution in [3.8, 4) is 34.0 Å². The average molecular weight is 580 g/mol. The largest absolute Gasteiger partial charge is 0.437 e. The van der Waals surface area contributed by atoms with Gasteiger partial charge in [-0.25, -0.2) is 0 Å². The van der Waals surface area contributed by atoms with Crippen molar-refractivity contribution in [3.05, 3.63) is 74.6 Å². The Morgan fingerprint density at radius 2 is 1.24 bits per heavy atom. The minimum Gasteiger partial charge on any atom is -0.437 e. The van der Waals surface area contributed by atoms with Crippen LogP contribution < -0.4 is 15.2 Å². The summed E-state index contributed by atoms with van der Waals surface area (Å²) in [6.45, 7) is 1.76. The van der Waals surface area contributed by atoms with Gasteiger partial charge in [0.05, 0.1) is 26.0 Å². The van der Waals surface area contributed by atoms with Crippen molar-refractivity contribution in [2.75, 3.05) is 5.73 Å². The van der Waals surface area contributed by atoms with E-state index in [9.17, 15) is 26.3 Å². The zero-order valence-electron chi connectivity index (χ0n) is 18.3. The summed E-state index contributed by atoms with van der Waals surface area (Å²) in [5.41, 5.74) is 4.17. The van der Waals surface area contributed by atoms with Gasteiger partial charge in [-0.2, -0.15) is 36.3 Å². The van der Waals surface area contributed by atoms with E-state index in [2.05, 4.69) is 9.97 Å². The highest BCUT2D eigenvalue weighted by Crippen LogP contribution is 2.42. The molecule has 2 aromatic heterocycles. The first kappa shape index (κ1) is 26.8. The minimum absolute atomic E-state index is 0.0294. The summed E-state index contributed by atoms with van der Waals surface area (Å²) in [6.07, 6.45) is -9.52. The molecule has 0 radical (unpaired) electrons. The number of anilines is 1. The maximum atomic E-state index is 13.3. The van der Waals surface area contributed by atoms with Crippen LogP contribution in [0.4, 0.5) is 32.0 Å². The standard InChI is InChI=1S/C23H13Cl2F6N3O2S/c1-10-6-7-37-18(10)19-33-20(35-11-2-4-15(24)13(8-11)22(26,27)28)17(32)21(34-19)36-12-3-5-16(25)14(9-12)23(29,30)31/h2-9H,32H2,1H3. The number of thiophene rings is 1. The summed E-state index contributed by atoms with van der Waals surface area (Å²) in [7, 11) is 0. The Labute approximate surface area is 219 Å². The topological polar surface area (TPSA) is 70.3 Å². The summed E-state index contributed by atoms with van der Waals surface area (Å²) in [5.74, 6) is -1.33. The molecule has 0 saturated heterocycles. The van der Waals surface area contributed by atoms with Crippen LogP contribution in [0.1, 0.15) is 16.7 Å². The van der Waals surface area contributed by atoms with Gasteiger partial charge in [-0.15, -0.1) is 11.3 Å². The number of aryl methyl sites for hydroxylation is 1. The van der Waals surface area contributed by atoms with Crippen molar-refractivity contribution in [2.24, 2.45) is 0 Å². The van der Waals surface area contributed by atoms with Crippen molar-refractivity contribution in [1.29, 1.82) is 0 Å². The predicted molar refractivity (Wildman–Crippen MR) is 128 cm³/mol. The highest BCUT2D eigenvalue weighted by atomic mass is 35.5. The van der Waals surface area contributed by atoms with Gasteiger partial charge >= 0.3 is 12.4 Å². The SMILES string of the molecule is Cc1ccsc1-c1nc(Oc2ccc(Cl)c(C(F)(F)F)c2)c(N)c(Oc2ccc(Cl)c(C(F)(F)F)c2)n1. The number of benzene rings is 2. The van der Waals surface area contributed by atoms with Crippen molar-refractivity contribution in [2.45, 2.75) is 19.3 Å². The molecule has 0 spiro atoms. The van der Waals surface area contributed by atoms with E-state index in [4.69, 9.17) is 38.4 Å². The molecule has 4 rings (SSSR count). The zero-order valence-corrected chi connectivity index (χ0v) is 20.7. The van der Waals surface area contributed by atoms with E-state index in [1.165, 1.54) is 23.5 Å². The van der Waals surface area contributed by atoms with Crippen LogP contribution in [-0.2, 0) is 12.4 Å². The number of nitrogens with two attached hydrogens (primary N) is 1. The van der Waals surface area contributed by atoms with E-state index in [-0.39, 0.29) is 34.8 Å². The van der Waals surface area contributed by atoms with Crippen LogP contribution in [0.5, 0.6) is 23.3 Å². The molecule has 14 heteroatoms. The molecular weight excluding hydrogens is 567 g/mol. The van der Waals surface area contributed by atoms with Crippen LogP contribution in [0.15, 0.2) is 47.8 Å². The quantitative estimate of drug-likeness (QED) is 0.239. The number of rotatable bonds is 5. The van der Waals surface area contributed by atoms with Gasteiger partial charge in [-0.1, -0.05) is 23.2 Å². The first-order chi connectivity index (χ1) is 17.2. The van der Waals surface area contributed by atoms with E-state index in [0.717, 1.165) is 17.7 Å².